The van der Waals surface area contributed by atoms with Crippen LogP contribution in [0.15, 0.2) is 69.7 Å². The Morgan fingerprint density at radius 1 is 0.596 bits per heavy atom. The van der Waals surface area contributed by atoms with Crippen molar-refractivity contribution in [3.8, 4) is 0 Å². The molecule has 5 aliphatic rings. The molecule has 0 bridgehead atoms. The first-order valence-corrected chi connectivity index (χ1v) is 19.8. The lowest BCUT2D eigenvalue weighted by Gasteiger charge is -2.34. The second-order valence-electron chi connectivity index (χ2n) is 16.7. The number of aromatic nitrogens is 4. The topological polar surface area (TPSA) is 118 Å². The molecule has 2 amide bonds. The number of aryl methyl sites for hydroxylation is 4. The average Bonchev–Trinajstić information content (AvgIpc) is 3.78. The van der Waals surface area contributed by atoms with Crippen LogP contribution in [0.3, 0.4) is 0 Å². The molecule has 9 rings (SSSR count). The minimum Gasteiger partial charge on any atom is -0.337 e. The third kappa shape index (κ3) is 7.05. The van der Waals surface area contributed by atoms with Crippen LogP contribution in [-0.2, 0) is 35.3 Å². The molecule has 2 aliphatic heterocycles. The quantitative estimate of drug-likeness (QED) is 0.150. The zero-order chi connectivity index (χ0) is 35.1. The Morgan fingerprint density at radius 2 is 1.00 bits per heavy atom. The highest BCUT2D eigenvalue weighted by atomic mass is 16.5. The molecule has 4 aromatic rings. The molecule has 272 valence electrons. The van der Waals surface area contributed by atoms with Gasteiger partial charge in [0.05, 0.1) is 0 Å². The van der Waals surface area contributed by atoms with Crippen molar-refractivity contribution >= 4 is 11.8 Å². The van der Waals surface area contributed by atoms with Crippen LogP contribution < -0.4 is 0 Å². The predicted octanol–water partition coefficient (Wildman–Crippen LogP) is 7.42. The maximum atomic E-state index is 14.2. The summed E-state index contributed by atoms with van der Waals surface area (Å²) < 4.78 is 11.7. The smallest absolute Gasteiger partial charge is 0.249 e. The fourth-order valence-corrected chi connectivity index (χ4v) is 9.35. The fourth-order valence-electron chi connectivity index (χ4n) is 9.35. The Bertz CT molecular complexity index is 1720. The maximum Gasteiger partial charge on any atom is 0.249 e. The maximum absolute atomic E-state index is 14.2. The Labute approximate surface area is 305 Å². The molecule has 2 spiro atoms. The van der Waals surface area contributed by atoms with E-state index in [1.165, 1.54) is 11.1 Å². The summed E-state index contributed by atoms with van der Waals surface area (Å²) in [6.07, 6.45) is 14.7. The Balaban J connectivity index is 0.802. The van der Waals surface area contributed by atoms with Crippen molar-refractivity contribution in [1.29, 1.82) is 0 Å². The van der Waals surface area contributed by atoms with Crippen LogP contribution in [0.25, 0.3) is 0 Å². The van der Waals surface area contributed by atoms with Crippen LogP contribution in [0.2, 0.25) is 0 Å². The number of rotatable bonds is 12. The van der Waals surface area contributed by atoms with Gasteiger partial charge in [0.2, 0.25) is 23.6 Å². The van der Waals surface area contributed by atoms with Gasteiger partial charge < -0.3 is 18.8 Å². The van der Waals surface area contributed by atoms with Gasteiger partial charge in [-0.2, -0.15) is 9.97 Å². The molecule has 0 unspecified atom stereocenters. The minimum absolute atomic E-state index is 0.0766. The number of amides is 2. The molecule has 2 atom stereocenters. The Morgan fingerprint density at radius 3 is 1.38 bits per heavy atom. The second kappa shape index (κ2) is 13.9. The minimum atomic E-state index is -0.151. The first-order chi connectivity index (χ1) is 25.4. The third-order valence-corrected chi connectivity index (χ3v) is 12.9. The molecule has 10 heteroatoms. The molecule has 2 saturated heterocycles. The van der Waals surface area contributed by atoms with Crippen LogP contribution in [-0.4, -0.2) is 55.0 Å². The van der Waals surface area contributed by atoms with Gasteiger partial charge in [-0.3, -0.25) is 9.59 Å². The van der Waals surface area contributed by atoms with Crippen molar-refractivity contribution < 1.29 is 18.6 Å². The second-order valence-corrected chi connectivity index (χ2v) is 16.7. The average molecular weight is 703 g/mol. The number of hydrogen-bond donors (Lipinski definition) is 0. The molecule has 52 heavy (non-hydrogen) atoms. The van der Waals surface area contributed by atoms with Gasteiger partial charge in [0.15, 0.2) is 11.6 Å². The van der Waals surface area contributed by atoms with Crippen molar-refractivity contribution in [2.45, 2.75) is 115 Å². The van der Waals surface area contributed by atoms with E-state index in [1.807, 2.05) is 12.1 Å². The highest BCUT2D eigenvalue weighted by Gasteiger charge is 2.57. The summed E-state index contributed by atoms with van der Waals surface area (Å²) in [6.45, 7) is 1.55. The molecule has 2 aromatic carbocycles. The standard InChI is InChI=1S/C42H50N6O4/c49-39(47-27-41(21-22-41)25-33(47)37-43-35(45-51-37)15-7-13-29-9-3-1-4-10-29)31-17-19-32(20-18-31)40(50)48-28-42(23-24-42)26-34(48)38-44-36(46-52-38)16-8-14-30-11-5-2-6-12-30/h1-6,9-12,31-34H,7-8,13-28H2/t31?,32?,33-,34-/m0/s1. The van der Waals surface area contributed by atoms with Crippen LogP contribution in [0.4, 0.5) is 0 Å². The van der Waals surface area contributed by atoms with Crippen molar-refractivity contribution in [2.24, 2.45) is 22.7 Å². The third-order valence-electron chi connectivity index (χ3n) is 12.9. The SMILES string of the molecule is O=C(C1CCC(C(=O)N2CC3(CC3)C[C@H]2c2nc(CCCc3ccccc3)no2)CC1)N1CC2(CC2)C[C@H]1c1nc(CCCc2ccccc2)no1. The van der Waals surface area contributed by atoms with E-state index in [0.29, 0.717) is 11.8 Å². The summed E-state index contributed by atoms with van der Waals surface area (Å²) >= 11 is 0. The largest absolute Gasteiger partial charge is 0.337 e. The summed E-state index contributed by atoms with van der Waals surface area (Å²) in [5.41, 5.74) is 3.03. The van der Waals surface area contributed by atoms with Crippen LogP contribution >= 0.6 is 0 Å². The number of carbonyl (C=O) groups excluding carboxylic acids is 2. The molecule has 10 nitrogen and oxygen atoms in total. The zero-order valence-electron chi connectivity index (χ0n) is 30.1. The predicted molar refractivity (Wildman–Crippen MR) is 192 cm³/mol. The van der Waals surface area contributed by atoms with Gasteiger partial charge in [-0.15, -0.1) is 0 Å². The van der Waals surface area contributed by atoms with E-state index in [0.717, 1.165) is 127 Å². The van der Waals surface area contributed by atoms with Gasteiger partial charge in [0, 0.05) is 37.8 Å². The van der Waals surface area contributed by atoms with E-state index in [9.17, 15) is 9.59 Å². The summed E-state index contributed by atoms with van der Waals surface area (Å²) in [6, 6.07) is 20.6. The normalized spacial score (nSPS) is 25.6. The molecule has 5 fully saturated rings. The fraction of sp³-hybridized carbons (Fsp3) is 0.571. The van der Waals surface area contributed by atoms with E-state index < -0.39 is 0 Å². The van der Waals surface area contributed by atoms with E-state index in [1.54, 1.807) is 0 Å². The highest BCUT2D eigenvalue weighted by molar-refractivity contribution is 5.82. The summed E-state index contributed by atoms with van der Waals surface area (Å²) in [5.74, 6) is 2.87. The van der Waals surface area contributed by atoms with Gasteiger partial charge in [0.25, 0.3) is 0 Å². The van der Waals surface area contributed by atoms with Gasteiger partial charge >= 0.3 is 0 Å². The first-order valence-electron chi connectivity index (χ1n) is 19.8. The molecule has 3 aliphatic carbocycles. The van der Waals surface area contributed by atoms with E-state index in [2.05, 4.69) is 68.6 Å². The van der Waals surface area contributed by atoms with Gasteiger partial charge in [-0.25, -0.2) is 0 Å². The summed E-state index contributed by atoms with van der Waals surface area (Å²) in [7, 11) is 0. The molecule has 0 N–H and O–H groups in total. The molecule has 4 heterocycles. The summed E-state index contributed by atoms with van der Waals surface area (Å²) in [5, 5.41) is 8.64. The number of nitrogens with zero attached hydrogens (tertiary/aromatic N) is 6. The lowest BCUT2D eigenvalue weighted by atomic mass is 9.80. The van der Waals surface area contributed by atoms with E-state index in [-0.39, 0.29) is 46.6 Å². The summed E-state index contributed by atoms with van der Waals surface area (Å²) in [4.78, 5) is 42.1. The van der Waals surface area contributed by atoms with E-state index >= 15 is 0 Å². The highest BCUT2D eigenvalue weighted by Crippen LogP contribution is 2.60. The molecule has 0 radical (unpaired) electrons. The van der Waals surface area contributed by atoms with Crippen molar-refractivity contribution in [3.05, 3.63) is 95.2 Å². The monoisotopic (exact) mass is 702 g/mol. The van der Waals surface area contributed by atoms with Crippen molar-refractivity contribution in [1.82, 2.24) is 30.1 Å². The van der Waals surface area contributed by atoms with E-state index in [4.69, 9.17) is 19.0 Å². The molecule has 3 saturated carbocycles. The molecular weight excluding hydrogens is 652 g/mol. The number of carbonyl (C=O) groups is 2. The lowest BCUT2D eigenvalue weighted by molar-refractivity contribution is -0.143. The first kappa shape index (κ1) is 33.5. The van der Waals surface area contributed by atoms with Gasteiger partial charge in [-0.05, 0) is 112 Å². The molecule has 2 aromatic heterocycles. The van der Waals surface area contributed by atoms with Crippen molar-refractivity contribution in [3.63, 3.8) is 0 Å². The molecular formula is C42H50N6O4. The number of likely N-dealkylation sites (tertiary alicyclic amines) is 2. The zero-order valence-corrected chi connectivity index (χ0v) is 30.1. The van der Waals surface area contributed by atoms with Gasteiger partial charge in [0.1, 0.15) is 12.1 Å². The number of hydrogen-bond acceptors (Lipinski definition) is 8. The van der Waals surface area contributed by atoms with Gasteiger partial charge in [-0.1, -0.05) is 71.0 Å². The van der Waals surface area contributed by atoms with Crippen LogP contribution in [0.1, 0.15) is 124 Å². The number of benzene rings is 2. The van der Waals surface area contributed by atoms with Crippen LogP contribution in [0.5, 0.6) is 0 Å². The Kier molecular flexibility index (Phi) is 8.95. The van der Waals surface area contributed by atoms with Crippen LogP contribution in [0, 0.1) is 22.7 Å². The lowest BCUT2D eigenvalue weighted by Crippen LogP contribution is -2.41. The van der Waals surface area contributed by atoms with Crippen molar-refractivity contribution in [2.75, 3.05) is 13.1 Å². The Hall–Kier alpha value is -4.34.